The second kappa shape index (κ2) is 5.18. The standard InChI is InChI=1S/C13H19N5/c1-5-18-9-12(7-15-18)6-14-8-13-10(2)16-17(4)11(13)3/h5,7,9,14H,1,6,8H2,2-4H3. The number of nitrogens with zero attached hydrogens (tertiary/aromatic N) is 4. The van der Waals surface area contributed by atoms with E-state index >= 15 is 0 Å². The average Bonchev–Trinajstić information content (AvgIpc) is 2.89. The molecule has 2 aromatic heterocycles. The van der Waals surface area contributed by atoms with Crippen LogP contribution >= 0.6 is 0 Å². The van der Waals surface area contributed by atoms with Gasteiger partial charge in [0, 0.05) is 49.4 Å². The number of rotatable bonds is 5. The molecule has 1 N–H and O–H groups in total. The highest BCUT2D eigenvalue weighted by Crippen LogP contribution is 2.11. The minimum absolute atomic E-state index is 0.793. The molecular formula is C13H19N5. The Morgan fingerprint density at radius 3 is 2.72 bits per heavy atom. The van der Waals surface area contributed by atoms with E-state index in [-0.39, 0.29) is 0 Å². The van der Waals surface area contributed by atoms with Gasteiger partial charge in [0.2, 0.25) is 0 Å². The van der Waals surface area contributed by atoms with Gasteiger partial charge < -0.3 is 5.32 Å². The van der Waals surface area contributed by atoms with Gasteiger partial charge in [0.05, 0.1) is 11.9 Å². The lowest BCUT2D eigenvalue weighted by molar-refractivity contribution is 0.684. The maximum atomic E-state index is 4.40. The van der Waals surface area contributed by atoms with Crippen molar-refractivity contribution in [3.8, 4) is 0 Å². The maximum absolute atomic E-state index is 4.40. The minimum atomic E-state index is 0.793. The van der Waals surface area contributed by atoms with Gasteiger partial charge in [-0.25, -0.2) is 4.68 Å². The fourth-order valence-corrected chi connectivity index (χ4v) is 1.97. The van der Waals surface area contributed by atoms with Crippen LogP contribution in [0.5, 0.6) is 0 Å². The quantitative estimate of drug-likeness (QED) is 0.871. The van der Waals surface area contributed by atoms with Crippen LogP contribution < -0.4 is 5.32 Å². The number of hydrogen-bond acceptors (Lipinski definition) is 3. The van der Waals surface area contributed by atoms with Gasteiger partial charge in [-0.15, -0.1) is 0 Å². The van der Waals surface area contributed by atoms with Crippen LogP contribution in [0, 0.1) is 13.8 Å². The molecule has 0 fully saturated rings. The third kappa shape index (κ3) is 2.51. The number of hydrogen-bond donors (Lipinski definition) is 1. The molecule has 2 aromatic rings. The summed E-state index contributed by atoms with van der Waals surface area (Å²) in [7, 11) is 1.97. The first kappa shape index (κ1) is 12.6. The van der Waals surface area contributed by atoms with Crippen LogP contribution in [-0.2, 0) is 20.1 Å². The van der Waals surface area contributed by atoms with Crippen LogP contribution in [0.25, 0.3) is 6.20 Å². The Morgan fingerprint density at radius 2 is 2.17 bits per heavy atom. The van der Waals surface area contributed by atoms with Crippen molar-refractivity contribution in [1.29, 1.82) is 0 Å². The van der Waals surface area contributed by atoms with Crippen LogP contribution in [-0.4, -0.2) is 19.6 Å². The molecule has 18 heavy (non-hydrogen) atoms. The molecule has 0 aliphatic heterocycles. The topological polar surface area (TPSA) is 47.7 Å². The van der Waals surface area contributed by atoms with E-state index in [2.05, 4.69) is 29.0 Å². The van der Waals surface area contributed by atoms with E-state index in [1.807, 2.05) is 31.0 Å². The van der Waals surface area contributed by atoms with Crippen molar-refractivity contribution >= 4 is 6.20 Å². The Balaban J connectivity index is 1.94. The molecular weight excluding hydrogens is 226 g/mol. The van der Waals surface area contributed by atoms with Crippen LogP contribution in [0.3, 0.4) is 0 Å². The predicted molar refractivity (Wildman–Crippen MR) is 71.8 cm³/mol. The first-order valence-corrected chi connectivity index (χ1v) is 5.97. The molecule has 0 aliphatic carbocycles. The summed E-state index contributed by atoms with van der Waals surface area (Å²) < 4.78 is 3.62. The average molecular weight is 245 g/mol. The summed E-state index contributed by atoms with van der Waals surface area (Å²) in [6, 6.07) is 0. The molecule has 0 radical (unpaired) electrons. The molecule has 0 aliphatic rings. The Labute approximate surface area is 107 Å². The van der Waals surface area contributed by atoms with Crippen molar-refractivity contribution in [3.63, 3.8) is 0 Å². The van der Waals surface area contributed by atoms with Crippen LogP contribution in [0.1, 0.15) is 22.5 Å². The molecule has 0 atom stereocenters. The van der Waals surface area contributed by atoms with Gasteiger partial charge >= 0.3 is 0 Å². The number of aromatic nitrogens is 4. The monoisotopic (exact) mass is 245 g/mol. The zero-order valence-corrected chi connectivity index (χ0v) is 11.1. The molecule has 0 bridgehead atoms. The number of aryl methyl sites for hydroxylation is 2. The summed E-state index contributed by atoms with van der Waals surface area (Å²) in [6.45, 7) is 9.42. The van der Waals surface area contributed by atoms with Gasteiger partial charge in [-0.05, 0) is 13.8 Å². The van der Waals surface area contributed by atoms with Crippen molar-refractivity contribution in [3.05, 3.63) is 41.5 Å². The van der Waals surface area contributed by atoms with Crippen LogP contribution in [0.15, 0.2) is 19.0 Å². The lowest BCUT2D eigenvalue weighted by Gasteiger charge is -2.03. The first-order valence-electron chi connectivity index (χ1n) is 5.97. The van der Waals surface area contributed by atoms with Gasteiger partial charge in [-0.1, -0.05) is 6.58 Å². The lowest BCUT2D eigenvalue weighted by Crippen LogP contribution is -2.13. The Bertz CT molecular complexity index is 550. The van der Waals surface area contributed by atoms with Gasteiger partial charge in [0.15, 0.2) is 0 Å². The zero-order chi connectivity index (χ0) is 13.1. The van der Waals surface area contributed by atoms with E-state index in [1.165, 1.54) is 11.3 Å². The Hall–Kier alpha value is -1.88. The smallest absolute Gasteiger partial charge is 0.0641 e. The molecule has 96 valence electrons. The van der Waals surface area contributed by atoms with Crippen molar-refractivity contribution in [2.45, 2.75) is 26.9 Å². The van der Waals surface area contributed by atoms with E-state index in [1.54, 1.807) is 10.9 Å². The summed E-state index contributed by atoms with van der Waals surface area (Å²) in [5.41, 5.74) is 4.72. The molecule has 0 spiro atoms. The fourth-order valence-electron chi connectivity index (χ4n) is 1.97. The zero-order valence-electron chi connectivity index (χ0n) is 11.1. The van der Waals surface area contributed by atoms with E-state index in [0.717, 1.165) is 24.3 Å². The van der Waals surface area contributed by atoms with Crippen LogP contribution in [0.2, 0.25) is 0 Å². The Morgan fingerprint density at radius 1 is 1.39 bits per heavy atom. The summed E-state index contributed by atoms with van der Waals surface area (Å²) in [6.07, 6.45) is 5.49. The Kier molecular flexibility index (Phi) is 3.62. The second-order valence-electron chi connectivity index (χ2n) is 4.39. The van der Waals surface area contributed by atoms with Crippen molar-refractivity contribution in [2.24, 2.45) is 7.05 Å². The molecule has 5 heteroatoms. The molecule has 2 heterocycles. The van der Waals surface area contributed by atoms with Crippen molar-refractivity contribution < 1.29 is 0 Å². The predicted octanol–water partition coefficient (Wildman–Crippen LogP) is 1.62. The highest BCUT2D eigenvalue weighted by Gasteiger charge is 2.08. The molecule has 2 rings (SSSR count). The SMILES string of the molecule is C=Cn1cc(CNCc2c(C)nn(C)c2C)cn1. The molecule has 0 amide bonds. The molecule has 0 saturated heterocycles. The third-order valence-corrected chi connectivity index (χ3v) is 3.13. The molecule has 0 aromatic carbocycles. The van der Waals surface area contributed by atoms with Gasteiger partial charge in [0.25, 0.3) is 0 Å². The van der Waals surface area contributed by atoms with Crippen LogP contribution in [0.4, 0.5) is 0 Å². The van der Waals surface area contributed by atoms with Gasteiger partial charge in [0.1, 0.15) is 0 Å². The summed E-state index contributed by atoms with van der Waals surface area (Å²) in [5.74, 6) is 0. The summed E-state index contributed by atoms with van der Waals surface area (Å²) in [5, 5.41) is 12.0. The summed E-state index contributed by atoms with van der Waals surface area (Å²) >= 11 is 0. The first-order chi connectivity index (χ1) is 8.61. The van der Waals surface area contributed by atoms with Gasteiger partial charge in [-0.2, -0.15) is 10.2 Å². The van der Waals surface area contributed by atoms with E-state index in [0.29, 0.717) is 0 Å². The summed E-state index contributed by atoms with van der Waals surface area (Å²) in [4.78, 5) is 0. The van der Waals surface area contributed by atoms with Gasteiger partial charge in [-0.3, -0.25) is 4.68 Å². The molecule has 0 saturated carbocycles. The molecule has 5 nitrogen and oxygen atoms in total. The number of nitrogens with one attached hydrogen (secondary N) is 1. The molecule has 0 unspecified atom stereocenters. The third-order valence-electron chi connectivity index (χ3n) is 3.13. The highest BCUT2D eigenvalue weighted by atomic mass is 15.3. The highest BCUT2D eigenvalue weighted by molar-refractivity contribution is 5.24. The fraction of sp³-hybridized carbons (Fsp3) is 0.385. The van der Waals surface area contributed by atoms with E-state index < -0.39 is 0 Å². The lowest BCUT2D eigenvalue weighted by atomic mass is 10.2. The van der Waals surface area contributed by atoms with Crippen molar-refractivity contribution in [1.82, 2.24) is 24.9 Å². The second-order valence-corrected chi connectivity index (χ2v) is 4.39. The van der Waals surface area contributed by atoms with E-state index in [4.69, 9.17) is 0 Å². The van der Waals surface area contributed by atoms with E-state index in [9.17, 15) is 0 Å². The van der Waals surface area contributed by atoms with Crippen molar-refractivity contribution in [2.75, 3.05) is 0 Å². The largest absolute Gasteiger partial charge is 0.308 e. The maximum Gasteiger partial charge on any atom is 0.0641 e. The minimum Gasteiger partial charge on any atom is -0.308 e. The normalized spacial score (nSPS) is 10.8.